The highest BCUT2D eigenvalue weighted by Gasteiger charge is 2.22. The molecule has 0 atom stereocenters. The van der Waals surface area contributed by atoms with Crippen molar-refractivity contribution in [2.75, 3.05) is 5.73 Å². The van der Waals surface area contributed by atoms with Crippen molar-refractivity contribution in [1.29, 1.82) is 0 Å². The molecule has 1 aliphatic carbocycles. The molecule has 1 aliphatic rings. The number of hydrogen-bond donors (Lipinski definition) is 2. The summed E-state index contributed by atoms with van der Waals surface area (Å²) >= 11 is 1.69. The average Bonchev–Trinajstić information content (AvgIpc) is 3.09. The fourth-order valence-corrected chi connectivity index (χ4v) is 4.88. The molecule has 0 unspecified atom stereocenters. The standard InChI is InChI=1S/C13H18N4O2S2/c1-2-17-8-12(13(14)16-17)21(18,19)15-7-10-6-9-4-3-5-11(9)20-10/h6,8,15H,2-5,7H2,1H3,(H2,14,16). The van der Waals surface area contributed by atoms with E-state index in [9.17, 15) is 8.42 Å². The van der Waals surface area contributed by atoms with E-state index in [2.05, 4.69) is 15.9 Å². The van der Waals surface area contributed by atoms with Gasteiger partial charge in [-0.3, -0.25) is 4.68 Å². The Morgan fingerprint density at radius 2 is 2.29 bits per heavy atom. The highest BCUT2D eigenvalue weighted by atomic mass is 32.2. The maximum Gasteiger partial charge on any atom is 0.246 e. The maximum absolute atomic E-state index is 12.3. The monoisotopic (exact) mass is 326 g/mol. The zero-order valence-electron chi connectivity index (χ0n) is 11.8. The van der Waals surface area contributed by atoms with Crippen LogP contribution in [0, 0.1) is 0 Å². The van der Waals surface area contributed by atoms with Crippen LogP contribution in [-0.4, -0.2) is 18.2 Å². The Hall–Kier alpha value is -1.38. The third kappa shape index (κ3) is 2.83. The predicted octanol–water partition coefficient (Wildman–Crippen LogP) is 1.51. The molecule has 6 nitrogen and oxygen atoms in total. The topological polar surface area (TPSA) is 90.0 Å². The van der Waals surface area contributed by atoms with Crippen molar-refractivity contribution >= 4 is 27.2 Å². The number of sulfonamides is 1. The molecule has 0 saturated carbocycles. The fraction of sp³-hybridized carbons (Fsp3) is 0.462. The Bertz CT molecular complexity index is 740. The molecule has 2 aromatic rings. The molecule has 0 amide bonds. The van der Waals surface area contributed by atoms with Gasteiger partial charge in [-0.1, -0.05) is 0 Å². The summed E-state index contributed by atoms with van der Waals surface area (Å²) in [6.07, 6.45) is 4.89. The van der Waals surface area contributed by atoms with Crippen molar-refractivity contribution in [1.82, 2.24) is 14.5 Å². The summed E-state index contributed by atoms with van der Waals surface area (Å²) < 4.78 is 28.7. The summed E-state index contributed by atoms with van der Waals surface area (Å²) in [5.41, 5.74) is 7.05. The lowest BCUT2D eigenvalue weighted by Gasteiger charge is -2.03. The molecule has 2 aromatic heterocycles. The van der Waals surface area contributed by atoms with E-state index >= 15 is 0 Å². The number of nitrogens with two attached hydrogens (primary N) is 1. The third-order valence-corrected chi connectivity index (χ3v) is 6.26. The molecular formula is C13H18N4O2S2. The van der Waals surface area contributed by atoms with Crippen LogP contribution in [0.3, 0.4) is 0 Å². The second kappa shape index (κ2) is 5.43. The molecule has 3 rings (SSSR count). The molecule has 0 bridgehead atoms. The Balaban J connectivity index is 1.74. The van der Waals surface area contributed by atoms with Crippen molar-refractivity contribution in [3.8, 4) is 0 Å². The first kappa shape index (κ1) is 14.6. The summed E-state index contributed by atoms with van der Waals surface area (Å²) in [6.45, 7) is 2.76. The first-order chi connectivity index (χ1) is 9.99. The second-order valence-corrected chi connectivity index (χ2v) is 8.03. The number of rotatable bonds is 5. The van der Waals surface area contributed by atoms with Crippen molar-refractivity contribution in [3.05, 3.63) is 27.6 Å². The lowest BCUT2D eigenvalue weighted by atomic mass is 10.2. The minimum Gasteiger partial charge on any atom is -0.381 e. The smallest absolute Gasteiger partial charge is 0.246 e. The minimum atomic E-state index is -3.62. The molecule has 0 aromatic carbocycles. The first-order valence-electron chi connectivity index (χ1n) is 6.92. The highest BCUT2D eigenvalue weighted by molar-refractivity contribution is 7.89. The van der Waals surface area contributed by atoms with Gasteiger partial charge in [-0.15, -0.1) is 11.3 Å². The van der Waals surface area contributed by atoms with Gasteiger partial charge < -0.3 is 5.73 Å². The predicted molar refractivity (Wildman–Crippen MR) is 82.7 cm³/mol. The Labute approximate surface area is 128 Å². The SMILES string of the molecule is CCn1cc(S(=O)(=O)NCc2cc3c(s2)CCC3)c(N)n1. The van der Waals surface area contributed by atoms with E-state index in [1.807, 2.05) is 6.92 Å². The van der Waals surface area contributed by atoms with Crippen molar-refractivity contribution < 1.29 is 8.42 Å². The van der Waals surface area contributed by atoms with Crippen LogP contribution < -0.4 is 10.5 Å². The van der Waals surface area contributed by atoms with Gasteiger partial charge in [0.15, 0.2) is 5.82 Å². The van der Waals surface area contributed by atoms with Gasteiger partial charge in [0.05, 0.1) is 0 Å². The first-order valence-corrected chi connectivity index (χ1v) is 9.22. The van der Waals surface area contributed by atoms with E-state index in [1.165, 1.54) is 27.7 Å². The molecular weight excluding hydrogens is 308 g/mol. The number of hydrogen-bond acceptors (Lipinski definition) is 5. The molecule has 0 aliphatic heterocycles. The molecule has 3 N–H and O–H groups in total. The van der Waals surface area contributed by atoms with Crippen LogP contribution in [0.25, 0.3) is 0 Å². The lowest BCUT2D eigenvalue weighted by molar-refractivity contribution is 0.581. The van der Waals surface area contributed by atoms with Gasteiger partial charge in [0.2, 0.25) is 10.0 Å². The van der Waals surface area contributed by atoms with Gasteiger partial charge in [0.25, 0.3) is 0 Å². The number of aromatic nitrogens is 2. The summed E-state index contributed by atoms with van der Waals surface area (Å²) in [6, 6.07) is 2.11. The molecule has 21 heavy (non-hydrogen) atoms. The van der Waals surface area contributed by atoms with Crippen LogP contribution in [0.5, 0.6) is 0 Å². The molecule has 8 heteroatoms. The molecule has 0 fully saturated rings. The summed E-state index contributed by atoms with van der Waals surface area (Å²) in [7, 11) is -3.62. The van der Waals surface area contributed by atoms with Gasteiger partial charge in [-0.25, -0.2) is 13.1 Å². The second-order valence-electron chi connectivity index (χ2n) is 5.07. The maximum atomic E-state index is 12.3. The number of nitrogens with one attached hydrogen (secondary N) is 1. The minimum absolute atomic E-state index is 0.0398. The average molecular weight is 326 g/mol. The zero-order valence-corrected chi connectivity index (χ0v) is 13.4. The van der Waals surface area contributed by atoms with Gasteiger partial charge in [-0.2, -0.15) is 5.10 Å². The number of anilines is 1. The molecule has 0 spiro atoms. The summed E-state index contributed by atoms with van der Waals surface area (Å²) in [5, 5.41) is 3.97. The van der Waals surface area contributed by atoms with E-state index in [0.717, 1.165) is 17.7 Å². The fourth-order valence-electron chi connectivity index (χ4n) is 2.51. The van der Waals surface area contributed by atoms with Crippen LogP contribution in [-0.2, 0) is 36.0 Å². The van der Waals surface area contributed by atoms with Gasteiger partial charge in [-0.05, 0) is 37.8 Å². The van der Waals surface area contributed by atoms with Crippen molar-refractivity contribution in [2.45, 2.75) is 44.2 Å². The van der Waals surface area contributed by atoms with E-state index in [0.29, 0.717) is 13.1 Å². The van der Waals surface area contributed by atoms with Gasteiger partial charge in [0.1, 0.15) is 4.90 Å². The Morgan fingerprint density at radius 3 is 2.95 bits per heavy atom. The number of thiophene rings is 1. The van der Waals surface area contributed by atoms with Crippen LogP contribution >= 0.6 is 11.3 Å². The summed E-state index contributed by atoms with van der Waals surface area (Å²) in [4.78, 5) is 2.49. The normalized spacial score (nSPS) is 14.5. The van der Waals surface area contributed by atoms with Crippen molar-refractivity contribution in [3.63, 3.8) is 0 Å². The van der Waals surface area contributed by atoms with Crippen LogP contribution in [0.15, 0.2) is 17.2 Å². The largest absolute Gasteiger partial charge is 0.381 e. The van der Waals surface area contributed by atoms with Gasteiger partial charge in [0, 0.05) is 29.0 Å². The molecule has 2 heterocycles. The van der Waals surface area contributed by atoms with Crippen LogP contribution in [0.4, 0.5) is 5.82 Å². The third-order valence-electron chi connectivity index (χ3n) is 3.60. The zero-order chi connectivity index (χ0) is 15.0. The number of fused-ring (bicyclic) bond motifs is 1. The van der Waals surface area contributed by atoms with E-state index < -0.39 is 10.0 Å². The van der Waals surface area contributed by atoms with Gasteiger partial charge >= 0.3 is 0 Å². The molecule has 114 valence electrons. The highest BCUT2D eigenvalue weighted by Crippen LogP contribution is 2.30. The van der Waals surface area contributed by atoms with Crippen molar-refractivity contribution in [2.24, 2.45) is 0 Å². The van der Waals surface area contributed by atoms with E-state index in [1.54, 1.807) is 11.3 Å². The lowest BCUT2D eigenvalue weighted by Crippen LogP contribution is -2.23. The van der Waals surface area contributed by atoms with Crippen LogP contribution in [0.2, 0.25) is 0 Å². The van der Waals surface area contributed by atoms with Crippen LogP contribution in [0.1, 0.15) is 28.7 Å². The Kier molecular flexibility index (Phi) is 3.76. The van der Waals surface area contributed by atoms with E-state index in [-0.39, 0.29) is 10.7 Å². The Morgan fingerprint density at radius 1 is 1.48 bits per heavy atom. The van der Waals surface area contributed by atoms with E-state index in [4.69, 9.17) is 5.73 Å². The number of nitrogens with zero attached hydrogens (tertiary/aromatic N) is 2. The number of nitrogen functional groups attached to an aromatic ring is 1. The number of aryl methyl sites for hydroxylation is 3. The quantitative estimate of drug-likeness (QED) is 0.871. The summed E-state index contributed by atoms with van der Waals surface area (Å²) in [5.74, 6) is 0.0398. The molecule has 0 radical (unpaired) electrons. The molecule has 0 saturated heterocycles.